The Hall–Kier alpha value is -1.22. The monoisotopic (exact) mass is 250 g/mol. The van der Waals surface area contributed by atoms with E-state index in [1.54, 1.807) is 7.11 Å². The molecule has 102 valence electrons. The fraction of sp³-hybridized carbons (Fsp3) is 0.600. The number of nitrogens with zero attached hydrogens (tertiary/aromatic N) is 1. The topological polar surface area (TPSA) is 24.5 Å². The Morgan fingerprint density at radius 2 is 1.89 bits per heavy atom. The molecule has 0 aliphatic rings. The maximum atomic E-state index is 5.46. The SMILES string of the molecule is CNCCCN(C)c1cc(C)c(OC)c(C)c1C. The smallest absolute Gasteiger partial charge is 0.125 e. The first-order chi connectivity index (χ1) is 8.52. The number of aryl methyl sites for hydroxylation is 1. The van der Waals surface area contributed by atoms with Crippen LogP contribution in [0.15, 0.2) is 6.07 Å². The van der Waals surface area contributed by atoms with Gasteiger partial charge in [-0.1, -0.05) is 0 Å². The summed E-state index contributed by atoms with van der Waals surface area (Å²) in [6, 6.07) is 2.22. The summed E-state index contributed by atoms with van der Waals surface area (Å²) in [5.74, 6) is 1.01. The van der Waals surface area contributed by atoms with E-state index in [1.807, 2.05) is 7.05 Å². The summed E-state index contributed by atoms with van der Waals surface area (Å²) >= 11 is 0. The Labute approximate surface area is 111 Å². The van der Waals surface area contributed by atoms with Crippen molar-refractivity contribution in [2.24, 2.45) is 0 Å². The van der Waals surface area contributed by atoms with Crippen LogP contribution in [0.2, 0.25) is 0 Å². The predicted octanol–water partition coefficient (Wildman–Crippen LogP) is 2.67. The first-order valence-electron chi connectivity index (χ1n) is 6.53. The fourth-order valence-electron chi connectivity index (χ4n) is 2.36. The average Bonchev–Trinajstić information content (AvgIpc) is 2.34. The highest BCUT2D eigenvalue weighted by Crippen LogP contribution is 2.32. The number of methoxy groups -OCH3 is 1. The number of nitrogens with one attached hydrogen (secondary N) is 1. The van der Waals surface area contributed by atoms with E-state index in [1.165, 1.54) is 22.4 Å². The third-order valence-corrected chi connectivity index (χ3v) is 3.53. The van der Waals surface area contributed by atoms with Gasteiger partial charge in [-0.25, -0.2) is 0 Å². The van der Waals surface area contributed by atoms with Gasteiger partial charge in [0.05, 0.1) is 7.11 Å². The van der Waals surface area contributed by atoms with E-state index in [2.05, 4.69) is 44.1 Å². The van der Waals surface area contributed by atoms with Crippen molar-refractivity contribution < 1.29 is 4.74 Å². The summed E-state index contributed by atoms with van der Waals surface area (Å²) in [5, 5.41) is 3.18. The molecular weight excluding hydrogens is 224 g/mol. The van der Waals surface area contributed by atoms with Gasteiger partial charge in [0.15, 0.2) is 0 Å². The summed E-state index contributed by atoms with van der Waals surface area (Å²) in [7, 11) is 5.89. The van der Waals surface area contributed by atoms with Crippen LogP contribution in [0.4, 0.5) is 5.69 Å². The molecule has 1 N–H and O–H groups in total. The summed E-state index contributed by atoms with van der Waals surface area (Å²) in [4.78, 5) is 2.33. The van der Waals surface area contributed by atoms with Crippen LogP contribution in [0.3, 0.4) is 0 Å². The van der Waals surface area contributed by atoms with Crippen molar-refractivity contribution in [1.82, 2.24) is 5.32 Å². The van der Waals surface area contributed by atoms with E-state index in [0.29, 0.717) is 0 Å². The largest absolute Gasteiger partial charge is 0.496 e. The van der Waals surface area contributed by atoms with E-state index in [0.717, 1.165) is 25.3 Å². The maximum Gasteiger partial charge on any atom is 0.125 e. The van der Waals surface area contributed by atoms with Crippen molar-refractivity contribution in [1.29, 1.82) is 0 Å². The highest BCUT2D eigenvalue weighted by molar-refractivity contribution is 5.62. The third-order valence-electron chi connectivity index (χ3n) is 3.53. The van der Waals surface area contributed by atoms with Gasteiger partial charge in [0.2, 0.25) is 0 Å². The molecule has 0 bridgehead atoms. The Morgan fingerprint density at radius 1 is 1.22 bits per heavy atom. The molecule has 0 spiro atoms. The summed E-state index contributed by atoms with van der Waals surface area (Å²) < 4.78 is 5.46. The summed E-state index contributed by atoms with van der Waals surface area (Å²) in [6.07, 6.45) is 1.15. The molecule has 0 unspecified atom stereocenters. The van der Waals surface area contributed by atoms with Gasteiger partial charge in [0, 0.05) is 19.3 Å². The zero-order valence-corrected chi connectivity index (χ0v) is 12.6. The number of hydrogen-bond acceptors (Lipinski definition) is 3. The van der Waals surface area contributed by atoms with E-state index in [4.69, 9.17) is 4.74 Å². The van der Waals surface area contributed by atoms with Crippen molar-refractivity contribution in [3.05, 3.63) is 22.8 Å². The van der Waals surface area contributed by atoms with Crippen molar-refractivity contribution >= 4 is 5.69 Å². The molecule has 0 amide bonds. The van der Waals surface area contributed by atoms with Crippen LogP contribution in [0.5, 0.6) is 5.75 Å². The van der Waals surface area contributed by atoms with E-state index < -0.39 is 0 Å². The molecule has 0 saturated heterocycles. The normalized spacial score (nSPS) is 10.6. The third kappa shape index (κ3) is 3.16. The molecule has 1 aromatic carbocycles. The minimum Gasteiger partial charge on any atom is -0.496 e. The van der Waals surface area contributed by atoms with Gasteiger partial charge >= 0.3 is 0 Å². The highest BCUT2D eigenvalue weighted by atomic mass is 16.5. The first-order valence-corrected chi connectivity index (χ1v) is 6.53. The lowest BCUT2D eigenvalue weighted by Crippen LogP contribution is -2.23. The standard InChI is InChI=1S/C15H26N2O/c1-11-10-14(17(5)9-7-8-16-4)12(2)13(3)15(11)18-6/h10,16H,7-9H2,1-6H3. The van der Waals surface area contributed by atoms with Gasteiger partial charge in [-0.2, -0.15) is 0 Å². The molecule has 0 aliphatic carbocycles. The molecule has 0 fully saturated rings. The molecule has 18 heavy (non-hydrogen) atoms. The zero-order chi connectivity index (χ0) is 13.7. The van der Waals surface area contributed by atoms with Crippen LogP contribution in [-0.4, -0.2) is 34.3 Å². The van der Waals surface area contributed by atoms with Crippen LogP contribution >= 0.6 is 0 Å². The number of anilines is 1. The van der Waals surface area contributed by atoms with E-state index in [9.17, 15) is 0 Å². The van der Waals surface area contributed by atoms with Crippen molar-refractivity contribution in [2.75, 3.05) is 39.2 Å². The Bertz CT molecular complexity index is 402. The Balaban J connectivity index is 2.96. The molecule has 0 saturated carbocycles. The molecule has 0 aromatic heterocycles. The Kier molecular flexibility index (Phi) is 5.48. The van der Waals surface area contributed by atoms with Gasteiger partial charge < -0.3 is 15.0 Å². The number of ether oxygens (including phenoxy) is 1. The number of rotatable bonds is 6. The minimum absolute atomic E-state index is 1.01. The lowest BCUT2D eigenvalue weighted by Gasteiger charge is -2.24. The average molecular weight is 250 g/mol. The van der Waals surface area contributed by atoms with Crippen molar-refractivity contribution in [2.45, 2.75) is 27.2 Å². The number of benzene rings is 1. The van der Waals surface area contributed by atoms with Crippen LogP contribution in [-0.2, 0) is 0 Å². The van der Waals surface area contributed by atoms with Crippen molar-refractivity contribution in [3.63, 3.8) is 0 Å². The van der Waals surface area contributed by atoms with Gasteiger partial charge in [-0.05, 0) is 63.5 Å². The molecule has 0 heterocycles. The molecule has 0 atom stereocenters. The van der Waals surface area contributed by atoms with Crippen LogP contribution in [0.25, 0.3) is 0 Å². The molecule has 0 radical (unpaired) electrons. The molecule has 0 aliphatic heterocycles. The second kappa shape index (κ2) is 6.64. The molecular formula is C15H26N2O. The minimum atomic E-state index is 1.01. The second-order valence-electron chi connectivity index (χ2n) is 4.87. The van der Waals surface area contributed by atoms with Gasteiger partial charge in [-0.3, -0.25) is 0 Å². The van der Waals surface area contributed by atoms with Gasteiger partial charge in [0.25, 0.3) is 0 Å². The first kappa shape index (κ1) is 14.8. The van der Waals surface area contributed by atoms with Crippen molar-refractivity contribution in [3.8, 4) is 5.75 Å². The number of hydrogen-bond donors (Lipinski definition) is 1. The van der Waals surface area contributed by atoms with Gasteiger partial charge in [-0.15, -0.1) is 0 Å². The maximum absolute atomic E-state index is 5.46. The van der Waals surface area contributed by atoms with Crippen LogP contribution in [0, 0.1) is 20.8 Å². The van der Waals surface area contributed by atoms with E-state index in [-0.39, 0.29) is 0 Å². The second-order valence-corrected chi connectivity index (χ2v) is 4.87. The molecule has 1 aromatic rings. The zero-order valence-electron chi connectivity index (χ0n) is 12.6. The van der Waals surface area contributed by atoms with E-state index >= 15 is 0 Å². The highest BCUT2D eigenvalue weighted by Gasteiger charge is 2.13. The van der Waals surface area contributed by atoms with Gasteiger partial charge in [0.1, 0.15) is 5.75 Å². The fourth-order valence-corrected chi connectivity index (χ4v) is 2.36. The summed E-state index contributed by atoms with van der Waals surface area (Å²) in [6.45, 7) is 8.52. The lowest BCUT2D eigenvalue weighted by atomic mass is 10.0. The molecule has 3 nitrogen and oxygen atoms in total. The quantitative estimate of drug-likeness (QED) is 0.786. The Morgan fingerprint density at radius 3 is 2.44 bits per heavy atom. The van der Waals surface area contributed by atoms with Crippen LogP contribution < -0.4 is 15.0 Å². The molecule has 3 heteroatoms. The predicted molar refractivity (Wildman–Crippen MR) is 79.0 cm³/mol. The molecule has 1 rings (SSSR count). The lowest BCUT2D eigenvalue weighted by molar-refractivity contribution is 0.408. The summed E-state index contributed by atoms with van der Waals surface area (Å²) in [5.41, 5.74) is 5.07. The van der Waals surface area contributed by atoms with Crippen LogP contribution in [0.1, 0.15) is 23.1 Å².